The summed E-state index contributed by atoms with van der Waals surface area (Å²) in [7, 11) is 0. The van der Waals surface area contributed by atoms with Gasteiger partial charge in [0.25, 0.3) is 0 Å². The lowest BCUT2D eigenvalue weighted by Crippen LogP contribution is -2.12. The predicted molar refractivity (Wildman–Crippen MR) is 108 cm³/mol. The normalized spacial score (nSPS) is 10.6. The molecule has 138 valence electrons. The number of anilines is 2. The number of aromatic nitrogens is 3. The van der Waals surface area contributed by atoms with Crippen molar-refractivity contribution in [2.45, 2.75) is 9.92 Å². The first-order chi connectivity index (χ1) is 13.7. The first kappa shape index (κ1) is 17.7. The Morgan fingerprint density at radius 2 is 1.71 bits per heavy atom. The van der Waals surface area contributed by atoms with Gasteiger partial charge in [0.15, 0.2) is 5.03 Å². The zero-order chi connectivity index (χ0) is 19.3. The van der Waals surface area contributed by atoms with E-state index in [2.05, 4.69) is 25.8 Å². The van der Waals surface area contributed by atoms with E-state index in [9.17, 15) is 10.1 Å². The number of rotatable bonds is 6. The van der Waals surface area contributed by atoms with E-state index >= 15 is 0 Å². The Morgan fingerprint density at radius 1 is 0.893 bits per heavy atom. The van der Waals surface area contributed by atoms with Crippen LogP contribution in [0.2, 0.25) is 0 Å². The summed E-state index contributed by atoms with van der Waals surface area (Å²) in [6.07, 6.45) is 2.99. The van der Waals surface area contributed by atoms with Crippen LogP contribution in [0.1, 0.15) is 0 Å². The third kappa shape index (κ3) is 3.69. The van der Waals surface area contributed by atoms with Crippen molar-refractivity contribution in [1.29, 1.82) is 0 Å². The van der Waals surface area contributed by atoms with Crippen molar-refractivity contribution < 1.29 is 4.92 Å². The zero-order valence-electron chi connectivity index (χ0n) is 14.4. The molecule has 0 aliphatic rings. The number of hydrogen-bond acceptors (Lipinski definition) is 8. The van der Waals surface area contributed by atoms with E-state index in [4.69, 9.17) is 0 Å². The van der Waals surface area contributed by atoms with Crippen molar-refractivity contribution in [3.05, 3.63) is 83.3 Å². The Labute approximate surface area is 164 Å². The second kappa shape index (κ2) is 7.89. The van der Waals surface area contributed by atoms with Crippen molar-refractivity contribution in [1.82, 2.24) is 15.0 Å². The lowest BCUT2D eigenvalue weighted by molar-refractivity contribution is -0.387. The Hall–Kier alpha value is -3.72. The molecule has 28 heavy (non-hydrogen) atoms. The minimum Gasteiger partial charge on any atom is -0.299 e. The summed E-state index contributed by atoms with van der Waals surface area (Å²) >= 11 is 1.18. The summed E-state index contributed by atoms with van der Waals surface area (Å²) in [5.74, 6) is 0.0829. The van der Waals surface area contributed by atoms with Crippen LogP contribution in [-0.2, 0) is 0 Å². The molecule has 0 bridgehead atoms. The van der Waals surface area contributed by atoms with Crippen LogP contribution in [0.4, 0.5) is 17.2 Å². The van der Waals surface area contributed by atoms with Crippen molar-refractivity contribution in [3.63, 3.8) is 0 Å². The molecule has 0 radical (unpaired) electrons. The number of hydrogen-bond donors (Lipinski definition) is 2. The molecule has 4 rings (SSSR count). The molecule has 0 amide bonds. The second-order valence-corrected chi connectivity index (χ2v) is 6.71. The summed E-state index contributed by atoms with van der Waals surface area (Å²) in [4.78, 5) is 24.6. The molecule has 0 saturated carbocycles. The molecule has 4 aromatic rings. The minimum atomic E-state index is -0.490. The Bertz CT molecular complexity index is 1130. The molecule has 2 aromatic heterocycles. The Balaban J connectivity index is 1.68. The summed E-state index contributed by atoms with van der Waals surface area (Å²) in [5, 5.41) is 12.9. The molecule has 0 atom stereocenters. The van der Waals surface area contributed by atoms with Crippen LogP contribution in [-0.4, -0.2) is 19.9 Å². The smallest absolute Gasteiger partial charge is 0.299 e. The minimum absolute atomic E-state index is 0.0829. The predicted octanol–water partition coefficient (Wildman–Crippen LogP) is 4.52. The van der Waals surface area contributed by atoms with Gasteiger partial charge in [0.1, 0.15) is 6.33 Å². The van der Waals surface area contributed by atoms with Crippen LogP contribution >= 0.6 is 11.8 Å². The number of benzene rings is 2. The number of para-hydroxylation sites is 2. The van der Waals surface area contributed by atoms with Crippen LogP contribution in [0.5, 0.6) is 0 Å². The number of pyridine rings is 1. The third-order valence-corrected chi connectivity index (χ3v) is 4.91. The maximum atomic E-state index is 11.7. The first-order valence-corrected chi connectivity index (χ1v) is 9.12. The van der Waals surface area contributed by atoms with Gasteiger partial charge in [-0.15, -0.1) is 0 Å². The van der Waals surface area contributed by atoms with Crippen molar-refractivity contribution in [2.24, 2.45) is 0 Å². The quantitative estimate of drug-likeness (QED) is 0.281. The average molecular weight is 390 g/mol. The van der Waals surface area contributed by atoms with Crippen LogP contribution in [0.3, 0.4) is 0 Å². The molecule has 0 spiro atoms. The third-order valence-electron chi connectivity index (χ3n) is 3.87. The monoisotopic (exact) mass is 390 g/mol. The standard InChI is InChI=1S/C19H14N6O2S/c26-25(27)17-18(24-23-14-8-2-1-3-9-14)21-12-22-19(17)28-15-10-4-6-13-7-5-11-20-16(13)15/h1-12,23H,(H,21,22,24). The number of nitrogens with one attached hydrogen (secondary N) is 2. The van der Waals surface area contributed by atoms with E-state index in [0.29, 0.717) is 0 Å². The number of nitro groups is 1. The highest BCUT2D eigenvalue weighted by Crippen LogP contribution is 2.38. The van der Waals surface area contributed by atoms with Crippen molar-refractivity contribution in [3.8, 4) is 0 Å². The van der Waals surface area contributed by atoms with E-state index in [-0.39, 0.29) is 16.5 Å². The van der Waals surface area contributed by atoms with E-state index in [1.807, 2.05) is 60.7 Å². The van der Waals surface area contributed by atoms with Gasteiger partial charge in [-0.05, 0) is 24.3 Å². The molecule has 2 N–H and O–H groups in total. The maximum absolute atomic E-state index is 11.7. The highest BCUT2D eigenvalue weighted by atomic mass is 32.2. The molecule has 8 nitrogen and oxygen atoms in total. The van der Waals surface area contributed by atoms with Gasteiger partial charge in [0.05, 0.1) is 16.1 Å². The molecule has 0 fully saturated rings. The molecule has 2 aromatic carbocycles. The second-order valence-electron chi connectivity index (χ2n) is 5.68. The Kier molecular flexibility index (Phi) is 4.98. The molecule has 9 heteroatoms. The fourth-order valence-corrected chi connectivity index (χ4v) is 3.60. The molecule has 0 aliphatic carbocycles. The van der Waals surface area contributed by atoms with E-state index in [1.54, 1.807) is 6.20 Å². The summed E-state index contributed by atoms with van der Waals surface area (Å²) in [6, 6.07) is 18.7. The highest BCUT2D eigenvalue weighted by Gasteiger charge is 2.24. The summed E-state index contributed by atoms with van der Waals surface area (Å²) in [5.41, 5.74) is 7.02. The molecule has 0 aliphatic heterocycles. The fourth-order valence-electron chi connectivity index (χ4n) is 2.61. The van der Waals surface area contributed by atoms with Crippen LogP contribution < -0.4 is 10.9 Å². The summed E-state index contributed by atoms with van der Waals surface area (Å²) in [6.45, 7) is 0. The molecule has 2 heterocycles. The summed E-state index contributed by atoms with van der Waals surface area (Å²) < 4.78 is 0. The van der Waals surface area contributed by atoms with E-state index in [0.717, 1.165) is 21.5 Å². The van der Waals surface area contributed by atoms with Crippen LogP contribution in [0, 0.1) is 10.1 Å². The van der Waals surface area contributed by atoms with Crippen molar-refractivity contribution in [2.75, 3.05) is 10.9 Å². The molecular formula is C19H14N6O2S. The number of fused-ring (bicyclic) bond motifs is 1. The number of nitrogens with zero attached hydrogens (tertiary/aromatic N) is 4. The van der Waals surface area contributed by atoms with Crippen molar-refractivity contribution >= 4 is 39.9 Å². The van der Waals surface area contributed by atoms with Gasteiger partial charge < -0.3 is 0 Å². The van der Waals surface area contributed by atoms with E-state index < -0.39 is 4.92 Å². The zero-order valence-corrected chi connectivity index (χ0v) is 15.3. The van der Waals surface area contributed by atoms with Gasteiger partial charge in [0, 0.05) is 16.5 Å². The molecule has 0 unspecified atom stereocenters. The highest BCUT2D eigenvalue weighted by molar-refractivity contribution is 7.99. The SMILES string of the molecule is O=[N+]([O-])c1c(NNc2ccccc2)ncnc1Sc1cccc2cccnc12. The lowest BCUT2D eigenvalue weighted by Gasteiger charge is -2.11. The van der Waals surface area contributed by atoms with Crippen LogP contribution in [0.15, 0.2) is 83.1 Å². The largest absolute Gasteiger partial charge is 0.345 e. The van der Waals surface area contributed by atoms with Gasteiger partial charge >= 0.3 is 5.69 Å². The van der Waals surface area contributed by atoms with Gasteiger partial charge in [-0.25, -0.2) is 9.97 Å². The van der Waals surface area contributed by atoms with Gasteiger partial charge in [-0.3, -0.25) is 25.9 Å². The van der Waals surface area contributed by atoms with Gasteiger partial charge in [0.2, 0.25) is 5.82 Å². The topological polar surface area (TPSA) is 106 Å². The molecular weight excluding hydrogens is 376 g/mol. The fraction of sp³-hybridized carbons (Fsp3) is 0. The van der Waals surface area contributed by atoms with Crippen LogP contribution in [0.25, 0.3) is 10.9 Å². The molecule has 0 saturated heterocycles. The van der Waals surface area contributed by atoms with E-state index in [1.165, 1.54) is 18.1 Å². The number of hydrazine groups is 1. The lowest BCUT2D eigenvalue weighted by atomic mass is 10.2. The average Bonchev–Trinajstić information content (AvgIpc) is 2.73. The Morgan fingerprint density at radius 3 is 2.54 bits per heavy atom. The van der Waals surface area contributed by atoms with Gasteiger partial charge in [-0.2, -0.15) is 0 Å². The first-order valence-electron chi connectivity index (χ1n) is 8.30. The maximum Gasteiger partial charge on any atom is 0.345 e. The van der Waals surface area contributed by atoms with Gasteiger partial charge in [-0.1, -0.05) is 48.2 Å².